The molecule has 1 saturated heterocycles. The van der Waals surface area contributed by atoms with E-state index in [1.807, 2.05) is 20.8 Å². The van der Waals surface area contributed by atoms with Gasteiger partial charge in [0.2, 0.25) is 5.91 Å². The van der Waals surface area contributed by atoms with E-state index in [1.54, 1.807) is 4.90 Å². The van der Waals surface area contributed by atoms with Crippen molar-refractivity contribution in [2.24, 2.45) is 0 Å². The van der Waals surface area contributed by atoms with Gasteiger partial charge >= 0.3 is 0 Å². The molecule has 6 heteroatoms. The second-order valence-corrected chi connectivity index (χ2v) is 8.80. The minimum atomic E-state index is -3.37. The van der Waals surface area contributed by atoms with Crippen LogP contribution >= 0.6 is 0 Å². The Kier molecular flexibility index (Phi) is 3.46. The lowest BCUT2D eigenvalue weighted by Gasteiger charge is -2.48. The van der Waals surface area contributed by atoms with Crippen LogP contribution in [0.3, 0.4) is 0 Å². The molecule has 1 aliphatic carbocycles. The number of hydrogen-bond donors (Lipinski definition) is 0. The van der Waals surface area contributed by atoms with Crippen molar-refractivity contribution in [1.82, 2.24) is 4.90 Å². The van der Waals surface area contributed by atoms with Crippen LogP contribution in [-0.2, 0) is 19.4 Å². The minimum absolute atomic E-state index is 0.0697. The van der Waals surface area contributed by atoms with Gasteiger partial charge in [-0.1, -0.05) is 0 Å². The van der Waals surface area contributed by atoms with E-state index in [0.29, 0.717) is 26.0 Å². The highest BCUT2D eigenvalue weighted by Crippen LogP contribution is 2.41. The van der Waals surface area contributed by atoms with Crippen LogP contribution < -0.4 is 0 Å². The molecular weight excluding hydrogens is 266 g/mol. The molecule has 0 aromatic rings. The molecule has 0 unspecified atom stereocenters. The van der Waals surface area contributed by atoms with E-state index in [0.717, 1.165) is 6.42 Å². The van der Waals surface area contributed by atoms with Crippen molar-refractivity contribution in [1.29, 1.82) is 0 Å². The molecule has 110 valence electrons. The molecule has 2 aliphatic rings. The fraction of sp³-hybridized carbons (Fsp3) is 0.923. The maximum Gasteiger partial charge on any atom is 0.244 e. The Morgan fingerprint density at radius 2 is 1.89 bits per heavy atom. The van der Waals surface area contributed by atoms with Gasteiger partial charge in [0.25, 0.3) is 0 Å². The van der Waals surface area contributed by atoms with Gasteiger partial charge in [-0.25, -0.2) is 8.42 Å². The Morgan fingerprint density at radius 3 is 2.32 bits per heavy atom. The smallest absolute Gasteiger partial charge is 0.244 e. The number of carbonyl (C=O) groups is 1. The number of nitrogens with zero attached hydrogens (tertiary/aromatic N) is 1. The first kappa shape index (κ1) is 14.8. The Bertz CT molecular complexity index is 479. The molecule has 1 heterocycles. The van der Waals surface area contributed by atoms with Crippen molar-refractivity contribution < 1.29 is 17.9 Å². The number of ether oxygens (including phenoxy) is 1. The van der Waals surface area contributed by atoms with E-state index >= 15 is 0 Å². The average Bonchev–Trinajstić information content (AvgIpc) is 2.17. The van der Waals surface area contributed by atoms with Gasteiger partial charge in [0.1, 0.15) is 0 Å². The molecule has 0 aromatic carbocycles. The quantitative estimate of drug-likeness (QED) is 0.760. The van der Waals surface area contributed by atoms with E-state index in [9.17, 15) is 13.2 Å². The Labute approximate surface area is 115 Å². The number of carbonyl (C=O) groups excluding carboxylic acids is 1. The summed E-state index contributed by atoms with van der Waals surface area (Å²) in [5, 5.41) is 0. The third-order valence-corrected chi connectivity index (χ3v) is 6.32. The van der Waals surface area contributed by atoms with Crippen molar-refractivity contribution in [3.63, 3.8) is 0 Å². The SMILES string of the molecule is C[C@H]1COC(C)(C)CN1C(=O)C1(S(C)(=O)=O)CCC1. The van der Waals surface area contributed by atoms with Crippen molar-refractivity contribution in [2.75, 3.05) is 19.4 Å². The van der Waals surface area contributed by atoms with Crippen LogP contribution in [-0.4, -0.2) is 55.0 Å². The largest absolute Gasteiger partial charge is 0.372 e. The molecule has 2 rings (SSSR count). The minimum Gasteiger partial charge on any atom is -0.372 e. The van der Waals surface area contributed by atoms with Crippen LogP contribution in [0.1, 0.15) is 40.0 Å². The topological polar surface area (TPSA) is 63.7 Å². The molecule has 19 heavy (non-hydrogen) atoms. The molecule has 5 nitrogen and oxygen atoms in total. The van der Waals surface area contributed by atoms with Gasteiger partial charge in [0.05, 0.1) is 18.2 Å². The third-order valence-electron chi connectivity index (χ3n) is 4.32. The number of amides is 1. The van der Waals surface area contributed by atoms with Crippen LogP contribution in [0.5, 0.6) is 0 Å². The summed E-state index contributed by atoms with van der Waals surface area (Å²) in [5.74, 6) is -0.231. The first-order valence-electron chi connectivity index (χ1n) is 6.74. The molecule has 0 aromatic heterocycles. The van der Waals surface area contributed by atoms with Crippen molar-refractivity contribution in [2.45, 2.75) is 56.4 Å². The third kappa shape index (κ3) is 2.40. The average molecular weight is 289 g/mol. The number of rotatable bonds is 2. The lowest BCUT2D eigenvalue weighted by molar-refractivity contribution is -0.158. The van der Waals surface area contributed by atoms with Gasteiger partial charge in [0.15, 0.2) is 14.6 Å². The van der Waals surface area contributed by atoms with Crippen molar-refractivity contribution in [3.05, 3.63) is 0 Å². The summed E-state index contributed by atoms with van der Waals surface area (Å²) >= 11 is 0. The van der Waals surface area contributed by atoms with Crippen LogP contribution in [0, 0.1) is 0 Å². The summed E-state index contributed by atoms with van der Waals surface area (Å²) in [4.78, 5) is 14.4. The summed E-state index contributed by atoms with van der Waals surface area (Å²) < 4.78 is 28.5. The highest BCUT2D eigenvalue weighted by Gasteiger charge is 2.56. The standard InChI is InChI=1S/C13H23NO4S/c1-10-8-18-12(2,3)9-14(10)11(15)13(6-5-7-13)19(4,16)17/h10H,5-9H2,1-4H3/t10-/m0/s1. The van der Waals surface area contributed by atoms with Gasteiger partial charge in [-0.2, -0.15) is 0 Å². The number of hydrogen-bond acceptors (Lipinski definition) is 4. The van der Waals surface area contributed by atoms with Crippen molar-refractivity contribution in [3.8, 4) is 0 Å². The van der Waals surface area contributed by atoms with Crippen LogP contribution in [0.2, 0.25) is 0 Å². The zero-order valence-electron chi connectivity index (χ0n) is 12.1. The molecule has 1 amide bonds. The number of morpholine rings is 1. The fourth-order valence-electron chi connectivity index (χ4n) is 2.82. The lowest BCUT2D eigenvalue weighted by Crippen LogP contribution is -2.64. The molecule has 0 bridgehead atoms. The van der Waals surface area contributed by atoms with Gasteiger partial charge in [-0.15, -0.1) is 0 Å². The predicted molar refractivity (Wildman–Crippen MR) is 72.6 cm³/mol. The second kappa shape index (κ2) is 4.45. The molecule has 1 saturated carbocycles. The van der Waals surface area contributed by atoms with Crippen LogP contribution in [0.25, 0.3) is 0 Å². The summed E-state index contributed by atoms with van der Waals surface area (Å²) in [5.41, 5.74) is -0.412. The molecule has 1 aliphatic heterocycles. The molecular formula is C13H23NO4S. The second-order valence-electron chi connectivity index (χ2n) is 6.47. The predicted octanol–water partition coefficient (Wildman–Crippen LogP) is 0.980. The zero-order valence-corrected chi connectivity index (χ0v) is 12.9. The van der Waals surface area contributed by atoms with Crippen molar-refractivity contribution >= 4 is 15.7 Å². The van der Waals surface area contributed by atoms with E-state index < -0.39 is 20.2 Å². The Morgan fingerprint density at radius 1 is 1.32 bits per heavy atom. The van der Waals surface area contributed by atoms with Crippen LogP contribution in [0.4, 0.5) is 0 Å². The van der Waals surface area contributed by atoms with Gasteiger partial charge < -0.3 is 9.64 Å². The van der Waals surface area contributed by atoms with E-state index in [4.69, 9.17) is 4.74 Å². The summed E-state index contributed by atoms with van der Waals surface area (Å²) in [7, 11) is -3.37. The monoisotopic (exact) mass is 289 g/mol. The molecule has 1 atom stereocenters. The summed E-state index contributed by atoms with van der Waals surface area (Å²) in [6, 6.07) is -0.0697. The first-order valence-corrected chi connectivity index (χ1v) is 8.63. The Balaban J connectivity index is 2.28. The molecule has 2 fully saturated rings. The van der Waals surface area contributed by atoms with E-state index in [1.165, 1.54) is 6.26 Å². The zero-order chi connectivity index (χ0) is 14.5. The summed E-state index contributed by atoms with van der Waals surface area (Å²) in [6.07, 6.45) is 2.89. The number of sulfone groups is 1. The highest BCUT2D eigenvalue weighted by atomic mass is 32.2. The lowest BCUT2D eigenvalue weighted by atomic mass is 9.82. The first-order chi connectivity index (χ1) is 8.59. The normalized spacial score (nSPS) is 29.7. The maximum absolute atomic E-state index is 12.7. The highest BCUT2D eigenvalue weighted by molar-refractivity contribution is 7.93. The van der Waals surface area contributed by atoms with Gasteiger partial charge in [0, 0.05) is 12.8 Å². The van der Waals surface area contributed by atoms with Crippen LogP contribution in [0.15, 0.2) is 0 Å². The van der Waals surface area contributed by atoms with E-state index in [2.05, 4.69) is 0 Å². The molecule has 0 N–H and O–H groups in total. The van der Waals surface area contributed by atoms with E-state index in [-0.39, 0.29) is 11.9 Å². The molecule has 0 radical (unpaired) electrons. The van der Waals surface area contributed by atoms with Gasteiger partial charge in [-0.05, 0) is 40.0 Å². The molecule has 0 spiro atoms. The fourth-order valence-corrected chi connectivity index (χ4v) is 4.29. The summed E-state index contributed by atoms with van der Waals surface area (Å²) in [6.45, 7) is 6.66. The maximum atomic E-state index is 12.7. The van der Waals surface area contributed by atoms with Gasteiger partial charge in [-0.3, -0.25) is 4.79 Å². The Hall–Kier alpha value is -0.620.